The van der Waals surface area contributed by atoms with Gasteiger partial charge in [-0.2, -0.15) is 0 Å². The molecule has 0 fully saturated rings. The first-order chi connectivity index (χ1) is 10.8. The van der Waals surface area contributed by atoms with Gasteiger partial charge in [0.2, 0.25) is 0 Å². The van der Waals surface area contributed by atoms with Crippen LogP contribution in [0.5, 0.6) is 0 Å². The molecule has 0 spiro atoms. The van der Waals surface area contributed by atoms with E-state index in [-0.39, 0.29) is 22.1 Å². The number of sulfonamides is 1. The molecule has 5 nitrogen and oxygen atoms in total. The quantitative estimate of drug-likeness (QED) is 0.913. The van der Waals surface area contributed by atoms with Gasteiger partial charge in [0.1, 0.15) is 5.82 Å². The Labute approximate surface area is 134 Å². The van der Waals surface area contributed by atoms with Gasteiger partial charge in [-0.3, -0.25) is 9.52 Å². The summed E-state index contributed by atoms with van der Waals surface area (Å²) in [7, 11) is -2.22. The first-order valence-electron chi connectivity index (χ1n) is 6.97. The molecule has 23 heavy (non-hydrogen) atoms. The van der Waals surface area contributed by atoms with Crippen molar-refractivity contribution in [3.8, 4) is 0 Å². The number of nitrogens with one attached hydrogen (secondary N) is 1. The summed E-state index contributed by atoms with van der Waals surface area (Å²) in [6, 6.07) is 10.8. The summed E-state index contributed by atoms with van der Waals surface area (Å²) >= 11 is 0. The van der Waals surface area contributed by atoms with Gasteiger partial charge in [0.15, 0.2) is 0 Å². The molecular weight excluding hydrogens is 319 g/mol. The molecule has 2 aromatic rings. The third-order valence-electron chi connectivity index (χ3n) is 3.31. The van der Waals surface area contributed by atoms with Gasteiger partial charge in [0.05, 0.1) is 4.90 Å². The lowest BCUT2D eigenvalue weighted by Gasteiger charge is -2.15. The predicted octanol–water partition coefficient (Wildman–Crippen LogP) is 2.72. The molecule has 0 atom stereocenters. The van der Waals surface area contributed by atoms with Gasteiger partial charge < -0.3 is 4.90 Å². The molecule has 2 rings (SSSR count). The van der Waals surface area contributed by atoms with Crippen LogP contribution in [-0.2, 0) is 10.0 Å². The molecule has 0 radical (unpaired) electrons. The van der Waals surface area contributed by atoms with Crippen molar-refractivity contribution in [2.75, 3.05) is 18.3 Å². The number of rotatable bonds is 5. The Kier molecular flexibility index (Phi) is 5.00. The SMILES string of the molecule is CCN(C)C(=O)c1cccc(S(=O)(=O)Nc2ccc(F)cc2)c1. The summed E-state index contributed by atoms with van der Waals surface area (Å²) in [5.41, 5.74) is 0.533. The number of anilines is 1. The van der Waals surface area contributed by atoms with Crippen LogP contribution in [0.25, 0.3) is 0 Å². The second-order valence-corrected chi connectivity index (χ2v) is 6.64. The van der Waals surface area contributed by atoms with Gasteiger partial charge in [0.25, 0.3) is 15.9 Å². The summed E-state index contributed by atoms with van der Waals surface area (Å²) in [6.45, 7) is 2.35. The van der Waals surface area contributed by atoms with Gasteiger partial charge in [-0.05, 0) is 49.4 Å². The number of hydrogen-bond donors (Lipinski definition) is 1. The minimum absolute atomic E-state index is 0.0304. The molecule has 0 bridgehead atoms. The van der Waals surface area contributed by atoms with E-state index in [0.29, 0.717) is 6.54 Å². The molecule has 0 aliphatic heterocycles. The smallest absolute Gasteiger partial charge is 0.261 e. The highest BCUT2D eigenvalue weighted by molar-refractivity contribution is 7.92. The van der Waals surface area contributed by atoms with Crippen LogP contribution in [0, 0.1) is 5.82 Å². The summed E-state index contributed by atoms with van der Waals surface area (Å²) < 4.78 is 40.0. The van der Waals surface area contributed by atoms with Crippen LogP contribution in [0.2, 0.25) is 0 Å². The van der Waals surface area contributed by atoms with Crippen LogP contribution in [0.3, 0.4) is 0 Å². The van der Waals surface area contributed by atoms with Crippen LogP contribution in [-0.4, -0.2) is 32.8 Å². The first kappa shape index (κ1) is 17.0. The zero-order valence-corrected chi connectivity index (χ0v) is 13.6. The predicted molar refractivity (Wildman–Crippen MR) is 86.3 cm³/mol. The van der Waals surface area contributed by atoms with Crippen molar-refractivity contribution in [1.29, 1.82) is 0 Å². The Morgan fingerprint density at radius 2 is 1.83 bits per heavy atom. The fourth-order valence-electron chi connectivity index (χ4n) is 1.89. The average molecular weight is 336 g/mol. The molecule has 1 amide bonds. The van der Waals surface area contributed by atoms with E-state index < -0.39 is 15.8 Å². The molecule has 2 aromatic carbocycles. The first-order valence-corrected chi connectivity index (χ1v) is 8.45. The van der Waals surface area contributed by atoms with E-state index in [1.165, 1.54) is 35.2 Å². The minimum atomic E-state index is -3.86. The molecular formula is C16H17FN2O3S. The summed E-state index contributed by atoms with van der Waals surface area (Å²) in [4.78, 5) is 13.6. The van der Waals surface area contributed by atoms with E-state index in [4.69, 9.17) is 0 Å². The van der Waals surface area contributed by atoms with E-state index >= 15 is 0 Å². The second kappa shape index (κ2) is 6.78. The maximum atomic E-state index is 12.9. The molecule has 0 aliphatic carbocycles. The van der Waals surface area contributed by atoms with Crippen molar-refractivity contribution in [3.05, 3.63) is 59.9 Å². The summed E-state index contributed by atoms with van der Waals surface area (Å²) in [5.74, 6) is -0.713. The zero-order chi connectivity index (χ0) is 17.0. The lowest BCUT2D eigenvalue weighted by molar-refractivity contribution is 0.0802. The van der Waals surface area contributed by atoms with Gasteiger partial charge >= 0.3 is 0 Å². The number of carbonyl (C=O) groups excluding carboxylic acids is 1. The lowest BCUT2D eigenvalue weighted by atomic mass is 10.2. The van der Waals surface area contributed by atoms with E-state index in [1.807, 2.05) is 6.92 Å². The zero-order valence-electron chi connectivity index (χ0n) is 12.8. The average Bonchev–Trinajstić information content (AvgIpc) is 2.55. The van der Waals surface area contributed by atoms with E-state index in [9.17, 15) is 17.6 Å². The van der Waals surface area contributed by atoms with Crippen LogP contribution in [0.1, 0.15) is 17.3 Å². The number of benzene rings is 2. The highest BCUT2D eigenvalue weighted by atomic mass is 32.2. The number of hydrogen-bond acceptors (Lipinski definition) is 3. The largest absolute Gasteiger partial charge is 0.342 e. The maximum Gasteiger partial charge on any atom is 0.261 e. The number of nitrogens with zero attached hydrogens (tertiary/aromatic N) is 1. The summed E-state index contributed by atoms with van der Waals surface area (Å²) in [6.07, 6.45) is 0. The van der Waals surface area contributed by atoms with Gasteiger partial charge in [0, 0.05) is 24.8 Å². The van der Waals surface area contributed by atoms with Gasteiger partial charge in [-0.25, -0.2) is 12.8 Å². The Morgan fingerprint density at radius 1 is 1.17 bits per heavy atom. The Bertz CT molecular complexity index is 804. The van der Waals surface area contributed by atoms with Crippen LogP contribution in [0.15, 0.2) is 53.4 Å². The van der Waals surface area contributed by atoms with Crippen molar-refractivity contribution in [2.45, 2.75) is 11.8 Å². The molecule has 0 heterocycles. The van der Waals surface area contributed by atoms with Crippen molar-refractivity contribution in [2.24, 2.45) is 0 Å². The Balaban J connectivity index is 2.29. The van der Waals surface area contributed by atoms with Crippen molar-refractivity contribution in [1.82, 2.24) is 4.90 Å². The van der Waals surface area contributed by atoms with E-state index in [2.05, 4.69) is 4.72 Å². The highest BCUT2D eigenvalue weighted by Gasteiger charge is 2.17. The van der Waals surface area contributed by atoms with Gasteiger partial charge in [-0.15, -0.1) is 0 Å². The molecule has 7 heteroatoms. The second-order valence-electron chi connectivity index (χ2n) is 4.96. The molecule has 0 aromatic heterocycles. The van der Waals surface area contributed by atoms with Crippen molar-refractivity contribution in [3.63, 3.8) is 0 Å². The fourth-order valence-corrected chi connectivity index (χ4v) is 3.00. The normalized spacial score (nSPS) is 11.1. The Morgan fingerprint density at radius 3 is 2.43 bits per heavy atom. The van der Waals surface area contributed by atoms with Crippen molar-refractivity contribution >= 4 is 21.6 Å². The Hall–Kier alpha value is -2.41. The number of halogens is 1. The highest BCUT2D eigenvalue weighted by Crippen LogP contribution is 2.18. The number of carbonyl (C=O) groups is 1. The maximum absolute atomic E-state index is 12.9. The van der Waals surface area contributed by atoms with Crippen LogP contribution >= 0.6 is 0 Å². The molecule has 0 aliphatic rings. The molecule has 0 saturated carbocycles. The topological polar surface area (TPSA) is 66.5 Å². The molecule has 122 valence electrons. The molecule has 0 unspecified atom stereocenters. The fraction of sp³-hybridized carbons (Fsp3) is 0.188. The monoisotopic (exact) mass is 336 g/mol. The number of amides is 1. The third kappa shape index (κ3) is 4.07. The third-order valence-corrected chi connectivity index (χ3v) is 4.69. The molecule has 1 N–H and O–H groups in total. The van der Waals surface area contributed by atoms with Crippen LogP contribution < -0.4 is 4.72 Å². The van der Waals surface area contributed by atoms with Crippen molar-refractivity contribution < 1.29 is 17.6 Å². The standard InChI is InChI=1S/C16H17FN2O3S/c1-3-19(2)16(20)12-5-4-6-15(11-12)23(21,22)18-14-9-7-13(17)8-10-14/h4-11,18H,3H2,1-2H3. The van der Waals surface area contributed by atoms with Gasteiger partial charge in [-0.1, -0.05) is 6.07 Å². The summed E-state index contributed by atoms with van der Waals surface area (Å²) in [5, 5.41) is 0. The van der Waals surface area contributed by atoms with E-state index in [1.54, 1.807) is 13.1 Å². The van der Waals surface area contributed by atoms with E-state index in [0.717, 1.165) is 12.1 Å². The lowest BCUT2D eigenvalue weighted by Crippen LogP contribution is -2.26. The molecule has 0 saturated heterocycles. The van der Waals surface area contributed by atoms with Crippen LogP contribution in [0.4, 0.5) is 10.1 Å². The minimum Gasteiger partial charge on any atom is -0.342 e.